The fourth-order valence-electron chi connectivity index (χ4n) is 2.88. The smallest absolute Gasteiger partial charge is 0.0723 e. The van der Waals surface area contributed by atoms with Crippen LogP contribution in [0.3, 0.4) is 0 Å². The van der Waals surface area contributed by atoms with E-state index in [-0.39, 0.29) is 0 Å². The molecule has 1 N–H and O–H groups in total. The lowest BCUT2D eigenvalue weighted by Crippen LogP contribution is -2.25. The maximum Gasteiger partial charge on any atom is 0.0723 e. The van der Waals surface area contributed by atoms with E-state index in [2.05, 4.69) is 43.4 Å². The van der Waals surface area contributed by atoms with Crippen LogP contribution in [0.5, 0.6) is 0 Å². The molecule has 1 aromatic carbocycles. The van der Waals surface area contributed by atoms with Gasteiger partial charge in [-0.25, -0.2) is 0 Å². The van der Waals surface area contributed by atoms with Crippen molar-refractivity contribution in [2.24, 2.45) is 0 Å². The summed E-state index contributed by atoms with van der Waals surface area (Å²) in [4.78, 5) is 0. The van der Waals surface area contributed by atoms with Crippen LogP contribution in [0.2, 0.25) is 0 Å². The molecule has 0 spiro atoms. The third-order valence-electron chi connectivity index (χ3n) is 4.09. The molecule has 0 aromatic heterocycles. The van der Waals surface area contributed by atoms with Crippen molar-refractivity contribution in [2.45, 2.75) is 71.1 Å². The Morgan fingerprint density at radius 2 is 1.80 bits per heavy atom. The molecule has 0 saturated heterocycles. The summed E-state index contributed by atoms with van der Waals surface area (Å²) in [6.45, 7) is 6.21. The van der Waals surface area contributed by atoms with Gasteiger partial charge in [-0.05, 0) is 36.9 Å². The fourth-order valence-corrected chi connectivity index (χ4v) is 2.88. The minimum Gasteiger partial charge on any atom is -0.374 e. The largest absolute Gasteiger partial charge is 0.374 e. The predicted octanol–water partition coefficient (Wildman–Crippen LogP) is 4.08. The van der Waals surface area contributed by atoms with E-state index >= 15 is 0 Å². The van der Waals surface area contributed by atoms with Crippen LogP contribution in [-0.2, 0) is 17.8 Å². The Balaban J connectivity index is 1.83. The van der Waals surface area contributed by atoms with E-state index in [1.807, 2.05) is 0 Å². The van der Waals surface area contributed by atoms with E-state index < -0.39 is 0 Å². The molecule has 20 heavy (non-hydrogen) atoms. The highest BCUT2D eigenvalue weighted by Gasteiger charge is 2.14. The van der Waals surface area contributed by atoms with Gasteiger partial charge >= 0.3 is 0 Å². The highest BCUT2D eigenvalue weighted by atomic mass is 16.5. The van der Waals surface area contributed by atoms with Crippen LogP contribution >= 0.6 is 0 Å². The zero-order valence-electron chi connectivity index (χ0n) is 13.0. The molecule has 0 heterocycles. The molecule has 2 heteroatoms. The summed E-state index contributed by atoms with van der Waals surface area (Å²) in [5.41, 5.74) is 2.79. The van der Waals surface area contributed by atoms with Gasteiger partial charge in [-0.1, -0.05) is 57.4 Å². The molecule has 1 aliphatic rings. The summed E-state index contributed by atoms with van der Waals surface area (Å²) in [5.74, 6) is 0. The SMILES string of the molecule is CC(C)NCCc1ccccc1COC1CCCCC1. The van der Waals surface area contributed by atoms with Gasteiger partial charge in [-0.15, -0.1) is 0 Å². The minimum absolute atomic E-state index is 0.491. The van der Waals surface area contributed by atoms with E-state index in [1.54, 1.807) is 0 Å². The second-order valence-electron chi connectivity index (χ2n) is 6.20. The molecule has 112 valence electrons. The Kier molecular flexibility index (Phi) is 6.55. The molecule has 1 aliphatic carbocycles. The Bertz CT molecular complexity index is 383. The molecule has 0 radical (unpaired) electrons. The number of nitrogens with one attached hydrogen (secondary N) is 1. The highest BCUT2D eigenvalue weighted by Crippen LogP contribution is 2.22. The average molecular weight is 275 g/mol. The van der Waals surface area contributed by atoms with Gasteiger partial charge < -0.3 is 10.1 Å². The Hall–Kier alpha value is -0.860. The van der Waals surface area contributed by atoms with Crippen molar-refractivity contribution in [2.75, 3.05) is 6.54 Å². The minimum atomic E-state index is 0.491. The summed E-state index contributed by atoms with van der Waals surface area (Å²) < 4.78 is 6.12. The molecule has 1 aromatic rings. The average Bonchev–Trinajstić information content (AvgIpc) is 2.47. The zero-order valence-corrected chi connectivity index (χ0v) is 13.0. The molecule has 0 atom stereocenters. The van der Waals surface area contributed by atoms with Gasteiger partial charge in [0.1, 0.15) is 0 Å². The molecule has 2 rings (SSSR count). The first-order valence-corrected chi connectivity index (χ1v) is 8.17. The van der Waals surface area contributed by atoms with E-state index in [0.29, 0.717) is 12.1 Å². The van der Waals surface area contributed by atoms with E-state index in [1.165, 1.54) is 43.2 Å². The Labute approximate surface area is 123 Å². The van der Waals surface area contributed by atoms with Gasteiger partial charge in [0.2, 0.25) is 0 Å². The van der Waals surface area contributed by atoms with Gasteiger partial charge in [0.15, 0.2) is 0 Å². The topological polar surface area (TPSA) is 21.3 Å². The highest BCUT2D eigenvalue weighted by molar-refractivity contribution is 5.26. The van der Waals surface area contributed by atoms with Gasteiger partial charge in [0, 0.05) is 6.04 Å². The van der Waals surface area contributed by atoms with Crippen LogP contribution in [0.1, 0.15) is 57.1 Å². The third kappa shape index (κ3) is 5.26. The fraction of sp³-hybridized carbons (Fsp3) is 0.667. The van der Waals surface area contributed by atoms with Gasteiger partial charge in [-0.3, -0.25) is 0 Å². The summed E-state index contributed by atoms with van der Waals surface area (Å²) in [6, 6.07) is 9.27. The number of ether oxygens (including phenoxy) is 1. The maximum atomic E-state index is 6.12. The molecule has 0 unspecified atom stereocenters. The second kappa shape index (κ2) is 8.43. The lowest BCUT2D eigenvalue weighted by Gasteiger charge is -2.22. The Morgan fingerprint density at radius 3 is 2.50 bits per heavy atom. The normalized spacial score (nSPS) is 16.8. The van der Waals surface area contributed by atoms with Crippen molar-refractivity contribution in [3.8, 4) is 0 Å². The van der Waals surface area contributed by atoms with Crippen molar-refractivity contribution < 1.29 is 4.74 Å². The standard InChI is InChI=1S/C18H29NO/c1-15(2)19-13-12-16-8-6-7-9-17(16)14-20-18-10-4-3-5-11-18/h6-9,15,18-19H,3-5,10-14H2,1-2H3. The monoisotopic (exact) mass is 275 g/mol. The maximum absolute atomic E-state index is 6.12. The number of hydrogen-bond donors (Lipinski definition) is 1. The molecule has 0 aliphatic heterocycles. The van der Waals surface area contributed by atoms with Crippen LogP contribution in [-0.4, -0.2) is 18.7 Å². The van der Waals surface area contributed by atoms with Crippen molar-refractivity contribution >= 4 is 0 Å². The van der Waals surface area contributed by atoms with Gasteiger partial charge in [0.25, 0.3) is 0 Å². The molecule has 1 saturated carbocycles. The second-order valence-corrected chi connectivity index (χ2v) is 6.20. The van der Waals surface area contributed by atoms with Crippen LogP contribution < -0.4 is 5.32 Å². The van der Waals surface area contributed by atoms with E-state index in [9.17, 15) is 0 Å². The third-order valence-corrected chi connectivity index (χ3v) is 4.09. The van der Waals surface area contributed by atoms with Gasteiger partial charge in [0.05, 0.1) is 12.7 Å². The van der Waals surface area contributed by atoms with Crippen LogP contribution in [0, 0.1) is 0 Å². The summed E-state index contributed by atoms with van der Waals surface area (Å²) in [5, 5.41) is 3.49. The molecule has 0 amide bonds. The van der Waals surface area contributed by atoms with Crippen LogP contribution in [0.4, 0.5) is 0 Å². The van der Waals surface area contributed by atoms with Crippen molar-refractivity contribution in [1.82, 2.24) is 5.32 Å². The summed E-state index contributed by atoms with van der Waals surface area (Å²) >= 11 is 0. The molecular formula is C18H29NO. The number of rotatable bonds is 7. The van der Waals surface area contributed by atoms with Crippen LogP contribution in [0.25, 0.3) is 0 Å². The predicted molar refractivity (Wildman–Crippen MR) is 84.9 cm³/mol. The molecule has 1 fully saturated rings. The first-order valence-electron chi connectivity index (χ1n) is 8.17. The first-order chi connectivity index (χ1) is 9.75. The zero-order chi connectivity index (χ0) is 14.2. The molecule has 0 bridgehead atoms. The number of benzene rings is 1. The van der Waals surface area contributed by atoms with E-state index in [4.69, 9.17) is 4.74 Å². The lowest BCUT2D eigenvalue weighted by molar-refractivity contribution is 0.0165. The van der Waals surface area contributed by atoms with Gasteiger partial charge in [-0.2, -0.15) is 0 Å². The number of hydrogen-bond acceptors (Lipinski definition) is 2. The molecular weight excluding hydrogens is 246 g/mol. The lowest BCUT2D eigenvalue weighted by atomic mass is 9.97. The molecule has 2 nitrogen and oxygen atoms in total. The Morgan fingerprint density at radius 1 is 1.10 bits per heavy atom. The van der Waals surface area contributed by atoms with Crippen molar-refractivity contribution in [3.63, 3.8) is 0 Å². The van der Waals surface area contributed by atoms with E-state index in [0.717, 1.165) is 19.6 Å². The van der Waals surface area contributed by atoms with Crippen molar-refractivity contribution in [1.29, 1.82) is 0 Å². The summed E-state index contributed by atoms with van der Waals surface area (Å²) in [6.07, 6.45) is 8.13. The summed E-state index contributed by atoms with van der Waals surface area (Å²) in [7, 11) is 0. The van der Waals surface area contributed by atoms with Crippen LogP contribution in [0.15, 0.2) is 24.3 Å². The first kappa shape index (κ1) is 15.5. The quantitative estimate of drug-likeness (QED) is 0.809. The van der Waals surface area contributed by atoms with Crippen molar-refractivity contribution in [3.05, 3.63) is 35.4 Å².